The van der Waals surface area contributed by atoms with Crippen molar-refractivity contribution < 1.29 is 37.5 Å². The number of pyridine rings is 1. The Kier molecular flexibility index (Phi) is 8.46. The fraction of sp³-hybridized carbons (Fsp3) is 0.348. The maximum Gasteiger partial charge on any atom is 0.490 e. The van der Waals surface area contributed by atoms with Gasteiger partial charge in [0.15, 0.2) is 5.60 Å². The van der Waals surface area contributed by atoms with Crippen LogP contribution in [-0.2, 0) is 21.0 Å². The Labute approximate surface area is 204 Å². The predicted octanol–water partition coefficient (Wildman–Crippen LogP) is 3.17. The van der Waals surface area contributed by atoms with Gasteiger partial charge in [-0.25, -0.2) is 9.59 Å². The standard InChI is InChI=1S/C21H23N5O3.C2HF3O2/c27-19(23-14-16-7-10-22-11-8-16)18-13-21(29-25-18)9-4-12-26(15-21)20(28)24-17-5-2-1-3-6-17;3-2(4,5)1(6)7/h1-3,5-8,10-11H,4,9,12-15H2,(H,23,27)(H,24,28);(H,6,7). The van der Waals surface area contributed by atoms with Crippen LogP contribution in [0.15, 0.2) is 60.0 Å². The molecule has 1 atom stereocenters. The Morgan fingerprint density at radius 3 is 2.42 bits per heavy atom. The number of carbonyl (C=O) groups is 3. The summed E-state index contributed by atoms with van der Waals surface area (Å²) in [6.07, 6.45) is 0.230. The lowest BCUT2D eigenvalue weighted by Gasteiger charge is -2.38. The summed E-state index contributed by atoms with van der Waals surface area (Å²) in [6.45, 7) is 1.45. The van der Waals surface area contributed by atoms with E-state index in [1.54, 1.807) is 17.3 Å². The first-order chi connectivity index (χ1) is 17.1. The molecule has 2 aliphatic heterocycles. The fourth-order valence-corrected chi connectivity index (χ4v) is 3.64. The molecule has 0 aliphatic carbocycles. The van der Waals surface area contributed by atoms with E-state index >= 15 is 0 Å². The summed E-state index contributed by atoms with van der Waals surface area (Å²) < 4.78 is 31.7. The number of aliphatic carboxylic acids is 1. The first-order valence-corrected chi connectivity index (χ1v) is 10.9. The molecule has 1 aromatic heterocycles. The molecular formula is C23H24F3N5O5. The SMILES string of the molecule is O=C(NCc1ccncc1)C1=NOC2(CCCN(C(=O)Nc3ccccc3)C2)C1.O=C(O)C(F)(F)F. The zero-order chi connectivity index (χ0) is 26.2. The molecular weight excluding hydrogens is 483 g/mol. The third-order valence-corrected chi connectivity index (χ3v) is 5.40. The Hall–Kier alpha value is -4.16. The topological polar surface area (TPSA) is 133 Å². The lowest BCUT2D eigenvalue weighted by molar-refractivity contribution is -0.192. The molecule has 13 heteroatoms. The van der Waals surface area contributed by atoms with Gasteiger partial charge < -0.3 is 25.5 Å². The second kappa shape index (κ2) is 11.5. The lowest BCUT2D eigenvalue weighted by atomic mass is 9.88. The molecule has 1 unspecified atom stereocenters. The molecule has 1 fully saturated rings. The summed E-state index contributed by atoms with van der Waals surface area (Å²) in [4.78, 5) is 45.4. The minimum atomic E-state index is -5.08. The third kappa shape index (κ3) is 7.42. The van der Waals surface area contributed by atoms with Gasteiger partial charge >= 0.3 is 18.2 Å². The van der Waals surface area contributed by atoms with Crippen LogP contribution >= 0.6 is 0 Å². The summed E-state index contributed by atoms with van der Waals surface area (Å²) in [5.41, 5.74) is 1.44. The van der Waals surface area contributed by atoms with E-state index in [9.17, 15) is 22.8 Å². The molecule has 2 aliphatic rings. The van der Waals surface area contributed by atoms with Crippen molar-refractivity contribution in [3.05, 3.63) is 60.4 Å². The highest BCUT2D eigenvalue weighted by atomic mass is 19.4. The normalized spacial score (nSPS) is 18.9. The number of piperidine rings is 1. The monoisotopic (exact) mass is 507 g/mol. The van der Waals surface area contributed by atoms with Gasteiger partial charge in [-0.05, 0) is 42.7 Å². The molecule has 192 valence electrons. The number of aromatic nitrogens is 1. The van der Waals surface area contributed by atoms with Crippen LogP contribution in [0.5, 0.6) is 0 Å². The van der Waals surface area contributed by atoms with Crippen LogP contribution in [0.2, 0.25) is 0 Å². The smallest absolute Gasteiger partial charge is 0.475 e. The number of halogens is 3. The summed E-state index contributed by atoms with van der Waals surface area (Å²) in [6, 6.07) is 12.9. The molecule has 2 aromatic rings. The average molecular weight is 507 g/mol. The van der Waals surface area contributed by atoms with Crippen LogP contribution in [0.4, 0.5) is 23.7 Å². The number of carboxylic acid groups (broad SMARTS) is 1. The number of nitrogens with one attached hydrogen (secondary N) is 2. The molecule has 3 amide bonds. The number of likely N-dealkylation sites (tertiary alicyclic amines) is 1. The number of benzene rings is 1. The van der Waals surface area contributed by atoms with Crippen LogP contribution in [0.25, 0.3) is 0 Å². The number of anilines is 1. The number of hydrogen-bond donors (Lipinski definition) is 3. The fourth-order valence-electron chi connectivity index (χ4n) is 3.64. The van der Waals surface area contributed by atoms with Crippen LogP contribution < -0.4 is 10.6 Å². The van der Waals surface area contributed by atoms with Crippen molar-refractivity contribution in [2.24, 2.45) is 5.16 Å². The van der Waals surface area contributed by atoms with Gasteiger partial charge in [0.25, 0.3) is 5.91 Å². The van der Waals surface area contributed by atoms with E-state index < -0.39 is 17.7 Å². The Morgan fingerprint density at radius 1 is 1.11 bits per heavy atom. The number of urea groups is 1. The zero-order valence-corrected chi connectivity index (χ0v) is 19.0. The van der Waals surface area contributed by atoms with E-state index in [2.05, 4.69) is 20.8 Å². The third-order valence-electron chi connectivity index (χ3n) is 5.40. The van der Waals surface area contributed by atoms with Gasteiger partial charge in [0.05, 0.1) is 6.54 Å². The van der Waals surface area contributed by atoms with Crippen molar-refractivity contribution in [3.63, 3.8) is 0 Å². The van der Waals surface area contributed by atoms with E-state index in [0.717, 1.165) is 24.1 Å². The largest absolute Gasteiger partial charge is 0.490 e. The molecule has 3 N–H and O–H groups in total. The molecule has 1 spiro atoms. The van der Waals surface area contributed by atoms with Gasteiger partial charge in [0.2, 0.25) is 0 Å². The molecule has 0 radical (unpaired) electrons. The first kappa shape index (κ1) is 26.4. The number of carboxylic acids is 1. The number of rotatable bonds is 4. The second-order valence-electron chi connectivity index (χ2n) is 8.15. The highest BCUT2D eigenvalue weighted by molar-refractivity contribution is 6.39. The molecule has 10 nitrogen and oxygen atoms in total. The van der Waals surface area contributed by atoms with Crippen LogP contribution in [0.1, 0.15) is 24.8 Å². The minimum Gasteiger partial charge on any atom is -0.475 e. The first-order valence-electron chi connectivity index (χ1n) is 10.9. The van der Waals surface area contributed by atoms with Crippen molar-refractivity contribution in [2.75, 3.05) is 18.4 Å². The van der Waals surface area contributed by atoms with Crippen molar-refractivity contribution in [2.45, 2.75) is 37.6 Å². The van der Waals surface area contributed by atoms with Crippen molar-refractivity contribution in [1.29, 1.82) is 0 Å². The van der Waals surface area contributed by atoms with Crippen molar-refractivity contribution in [1.82, 2.24) is 15.2 Å². The van der Waals surface area contributed by atoms with Gasteiger partial charge in [-0.1, -0.05) is 23.4 Å². The molecule has 1 aromatic carbocycles. The average Bonchev–Trinajstić information content (AvgIpc) is 3.26. The quantitative estimate of drug-likeness (QED) is 0.582. The maximum atomic E-state index is 12.6. The second-order valence-corrected chi connectivity index (χ2v) is 8.15. The number of para-hydroxylation sites is 1. The molecule has 3 heterocycles. The Balaban J connectivity index is 0.000000454. The van der Waals surface area contributed by atoms with E-state index in [1.165, 1.54) is 0 Å². The van der Waals surface area contributed by atoms with Gasteiger partial charge in [0.1, 0.15) is 5.71 Å². The van der Waals surface area contributed by atoms with E-state index in [0.29, 0.717) is 31.8 Å². The summed E-state index contributed by atoms with van der Waals surface area (Å²) >= 11 is 0. The van der Waals surface area contributed by atoms with E-state index in [4.69, 9.17) is 14.7 Å². The van der Waals surface area contributed by atoms with Gasteiger partial charge in [-0.2, -0.15) is 13.2 Å². The molecule has 36 heavy (non-hydrogen) atoms. The van der Waals surface area contributed by atoms with Gasteiger partial charge in [0, 0.05) is 37.6 Å². The van der Waals surface area contributed by atoms with E-state index in [1.807, 2.05) is 42.5 Å². The number of carbonyl (C=O) groups excluding carboxylic acids is 2. The highest BCUT2D eigenvalue weighted by Gasteiger charge is 2.45. The van der Waals surface area contributed by atoms with Crippen LogP contribution in [0.3, 0.4) is 0 Å². The molecule has 4 rings (SSSR count). The Morgan fingerprint density at radius 2 is 1.78 bits per heavy atom. The van der Waals surface area contributed by atoms with Gasteiger partial charge in [-0.3, -0.25) is 9.78 Å². The van der Waals surface area contributed by atoms with Crippen LogP contribution in [-0.4, -0.2) is 63.5 Å². The lowest BCUT2D eigenvalue weighted by Crippen LogP contribution is -2.52. The minimum absolute atomic E-state index is 0.172. The number of nitrogens with zero attached hydrogens (tertiary/aromatic N) is 3. The number of hydrogen-bond acceptors (Lipinski definition) is 6. The van der Waals surface area contributed by atoms with Gasteiger partial charge in [-0.15, -0.1) is 0 Å². The predicted molar refractivity (Wildman–Crippen MR) is 122 cm³/mol. The van der Waals surface area contributed by atoms with Crippen molar-refractivity contribution >= 4 is 29.3 Å². The van der Waals surface area contributed by atoms with E-state index in [-0.39, 0.29) is 11.9 Å². The maximum absolute atomic E-state index is 12.6. The molecule has 0 saturated carbocycles. The molecule has 1 saturated heterocycles. The summed E-state index contributed by atoms with van der Waals surface area (Å²) in [5, 5.41) is 16.9. The number of amides is 3. The zero-order valence-electron chi connectivity index (χ0n) is 19.0. The summed E-state index contributed by atoms with van der Waals surface area (Å²) in [5.74, 6) is -3.00. The van der Waals surface area contributed by atoms with Crippen molar-refractivity contribution in [3.8, 4) is 0 Å². The Bertz CT molecular complexity index is 1100. The summed E-state index contributed by atoms with van der Waals surface area (Å²) in [7, 11) is 0. The highest BCUT2D eigenvalue weighted by Crippen LogP contribution is 2.33. The molecule has 0 bridgehead atoms. The van der Waals surface area contributed by atoms with Crippen LogP contribution in [0, 0.1) is 0 Å². The number of oxime groups is 1. The number of alkyl halides is 3.